The van der Waals surface area contributed by atoms with Gasteiger partial charge in [-0.05, 0) is 12.5 Å². The Morgan fingerprint density at radius 3 is 2.45 bits per heavy atom. The molecule has 1 amide bonds. The molecule has 0 fully saturated rings. The topological polar surface area (TPSA) is 59.2 Å². The summed E-state index contributed by atoms with van der Waals surface area (Å²) >= 11 is 1.59. The van der Waals surface area contributed by atoms with Crippen molar-refractivity contribution in [2.24, 2.45) is 5.73 Å². The first-order valence-corrected chi connectivity index (χ1v) is 7.40. The molecule has 1 heterocycles. The van der Waals surface area contributed by atoms with Crippen LogP contribution < -0.4 is 5.73 Å². The average Bonchev–Trinajstić information content (AvgIpc) is 2.86. The van der Waals surface area contributed by atoms with Crippen molar-refractivity contribution in [3.05, 3.63) is 52.0 Å². The lowest BCUT2D eigenvalue weighted by Crippen LogP contribution is -2.34. The summed E-state index contributed by atoms with van der Waals surface area (Å²) in [5.41, 5.74) is 7.66. The van der Waals surface area contributed by atoms with Gasteiger partial charge in [0.2, 0.25) is 5.91 Å². The molecule has 0 aliphatic heterocycles. The van der Waals surface area contributed by atoms with E-state index in [0.717, 1.165) is 16.3 Å². The number of benzene rings is 1. The summed E-state index contributed by atoms with van der Waals surface area (Å²) in [4.78, 5) is 18.6. The summed E-state index contributed by atoms with van der Waals surface area (Å²) in [5, 5.41) is 3.00. The van der Waals surface area contributed by atoms with Gasteiger partial charge in [-0.1, -0.05) is 30.3 Å². The van der Waals surface area contributed by atoms with Crippen LogP contribution in [-0.4, -0.2) is 29.4 Å². The van der Waals surface area contributed by atoms with Crippen LogP contribution in [0.2, 0.25) is 0 Å². The van der Waals surface area contributed by atoms with Crippen molar-refractivity contribution in [3.63, 3.8) is 0 Å². The van der Waals surface area contributed by atoms with Crippen LogP contribution >= 0.6 is 36.2 Å². The fraction of sp³-hybridized carbons (Fsp3) is 0.333. The van der Waals surface area contributed by atoms with Crippen LogP contribution in [0.25, 0.3) is 0 Å². The van der Waals surface area contributed by atoms with E-state index < -0.39 is 0 Å². The molecule has 0 aliphatic carbocycles. The molecule has 2 N–H and O–H groups in total. The number of nitrogens with zero attached hydrogens (tertiary/aromatic N) is 2. The van der Waals surface area contributed by atoms with E-state index in [-0.39, 0.29) is 36.6 Å². The fourth-order valence-corrected chi connectivity index (χ4v) is 2.74. The molecule has 0 bridgehead atoms. The van der Waals surface area contributed by atoms with Gasteiger partial charge in [-0.25, -0.2) is 4.98 Å². The molecule has 0 radical (unpaired) electrons. The zero-order chi connectivity index (χ0) is 14.5. The molecule has 7 heteroatoms. The largest absolute Gasteiger partial charge is 0.339 e. The van der Waals surface area contributed by atoms with Gasteiger partial charge in [0.25, 0.3) is 0 Å². The van der Waals surface area contributed by atoms with E-state index in [0.29, 0.717) is 13.1 Å². The molecule has 1 unspecified atom stereocenters. The number of carbonyl (C=O) groups is 1. The molecule has 1 atom stereocenters. The van der Waals surface area contributed by atoms with Crippen molar-refractivity contribution in [2.75, 3.05) is 13.6 Å². The first-order valence-electron chi connectivity index (χ1n) is 6.52. The van der Waals surface area contributed by atoms with E-state index in [1.165, 1.54) is 0 Å². The lowest BCUT2D eigenvalue weighted by Gasteiger charge is -2.22. The molecule has 0 saturated carbocycles. The highest BCUT2D eigenvalue weighted by Gasteiger charge is 2.22. The molecule has 0 spiro atoms. The van der Waals surface area contributed by atoms with Crippen molar-refractivity contribution in [3.8, 4) is 0 Å². The summed E-state index contributed by atoms with van der Waals surface area (Å²) in [6, 6.07) is 9.67. The predicted molar refractivity (Wildman–Crippen MR) is 96.1 cm³/mol. The van der Waals surface area contributed by atoms with Gasteiger partial charge < -0.3 is 10.6 Å². The van der Waals surface area contributed by atoms with Gasteiger partial charge in [0.05, 0.1) is 23.2 Å². The maximum absolute atomic E-state index is 12.5. The first-order chi connectivity index (χ1) is 9.61. The van der Waals surface area contributed by atoms with Crippen molar-refractivity contribution >= 4 is 42.1 Å². The van der Waals surface area contributed by atoms with E-state index in [9.17, 15) is 4.79 Å². The molecule has 22 heavy (non-hydrogen) atoms. The van der Waals surface area contributed by atoms with Crippen LogP contribution in [-0.2, 0) is 11.3 Å². The number of aromatic nitrogens is 1. The standard InChI is InChI=1S/C15H19N3OS.2ClH/c1-11-17-13(10-20-11)9-18(2)15(19)14(8-16)12-6-4-3-5-7-12;;/h3-7,10,14H,8-9,16H2,1-2H3;2*1H. The van der Waals surface area contributed by atoms with Gasteiger partial charge in [0.1, 0.15) is 0 Å². The number of carbonyl (C=O) groups excluding carboxylic acids is 1. The molecule has 4 nitrogen and oxygen atoms in total. The summed E-state index contributed by atoms with van der Waals surface area (Å²) in [7, 11) is 1.79. The summed E-state index contributed by atoms with van der Waals surface area (Å²) in [5.74, 6) is -0.259. The van der Waals surface area contributed by atoms with Gasteiger partial charge in [-0.3, -0.25) is 4.79 Å². The number of halogens is 2. The highest BCUT2D eigenvalue weighted by Crippen LogP contribution is 2.18. The lowest BCUT2D eigenvalue weighted by molar-refractivity contribution is -0.131. The maximum atomic E-state index is 12.5. The Morgan fingerprint density at radius 1 is 1.32 bits per heavy atom. The molecular weight excluding hydrogens is 341 g/mol. The summed E-state index contributed by atoms with van der Waals surface area (Å²) in [6.07, 6.45) is 0. The van der Waals surface area contributed by atoms with Gasteiger partial charge in [0.15, 0.2) is 0 Å². The third-order valence-electron chi connectivity index (χ3n) is 3.18. The number of amides is 1. The van der Waals surface area contributed by atoms with Crippen molar-refractivity contribution in [2.45, 2.75) is 19.4 Å². The fourth-order valence-electron chi connectivity index (χ4n) is 2.13. The Bertz CT molecular complexity index is 577. The number of nitrogens with two attached hydrogens (primary N) is 1. The summed E-state index contributed by atoms with van der Waals surface area (Å²) in [6.45, 7) is 2.79. The zero-order valence-electron chi connectivity index (χ0n) is 12.6. The second-order valence-corrected chi connectivity index (χ2v) is 5.81. The number of rotatable bonds is 5. The number of hydrogen-bond donors (Lipinski definition) is 1. The molecule has 1 aromatic heterocycles. The SMILES string of the molecule is Cc1nc(CN(C)C(=O)C(CN)c2ccccc2)cs1.Cl.Cl. The van der Waals surface area contributed by atoms with Gasteiger partial charge in [0, 0.05) is 19.0 Å². The van der Waals surface area contributed by atoms with E-state index >= 15 is 0 Å². The Balaban J connectivity index is 0.00000220. The number of hydrogen-bond acceptors (Lipinski definition) is 4. The molecule has 1 aromatic carbocycles. The van der Waals surface area contributed by atoms with E-state index in [2.05, 4.69) is 4.98 Å². The van der Waals surface area contributed by atoms with Crippen LogP contribution in [0, 0.1) is 6.92 Å². The van der Waals surface area contributed by atoms with Crippen molar-refractivity contribution in [1.29, 1.82) is 0 Å². The normalized spacial score (nSPS) is 11.0. The highest BCUT2D eigenvalue weighted by molar-refractivity contribution is 7.09. The van der Waals surface area contributed by atoms with Gasteiger partial charge in [-0.2, -0.15) is 0 Å². The zero-order valence-corrected chi connectivity index (χ0v) is 15.0. The van der Waals surface area contributed by atoms with E-state index in [1.807, 2.05) is 42.6 Å². The number of thiazole rings is 1. The number of likely N-dealkylation sites (N-methyl/N-ethyl adjacent to an activating group) is 1. The maximum Gasteiger partial charge on any atom is 0.231 e. The van der Waals surface area contributed by atoms with Crippen LogP contribution in [0.1, 0.15) is 22.2 Å². The second-order valence-electron chi connectivity index (χ2n) is 4.75. The molecule has 122 valence electrons. The molecule has 0 aliphatic rings. The Kier molecular flexibility index (Phi) is 9.28. The Hall–Kier alpha value is -1.14. The Morgan fingerprint density at radius 2 is 1.95 bits per heavy atom. The first kappa shape index (κ1) is 20.9. The second kappa shape index (κ2) is 9.79. The third-order valence-corrected chi connectivity index (χ3v) is 4.00. The van der Waals surface area contributed by atoms with Crippen molar-refractivity contribution < 1.29 is 4.79 Å². The van der Waals surface area contributed by atoms with Gasteiger partial charge in [-0.15, -0.1) is 36.2 Å². The summed E-state index contributed by atoms with van der Waals surface area (Å²) < 4.78 is 0. The van der Waals surface area contributed by atoms with E-state index in [1.54, 1.807) is 23.3 Å². The van der Waals surface area contributed by atoms with Crippen LogP contribution in [0.5, 0.6) is 0 Å². The van der Waals surface area contributed by atoms with Crippen LogP contribution in [0.3, 0.4) is 0 Å². The molecular formula is C15H21Cl2N3OS. The highest BCUT2D eigenvalue weighted by atomic mass is 35.5. The van der Waals surface area contributed by atoms with Crippen LogP contribution in [0.4, 0.5) is 0 Å². The van der Waals surface area contributed by atoms with Gasteiger partial charge >= 0.3 is 0 Å². The molecule has 2 rings (SSSR count). The minimum atomic E-state index is -0.291. The van der Waals surface area contributed by atoms with Crippen LogP contribution in [0.15, 0.2) is 35.7 Å². The monoisotopic (exact) mass is 361 g/mol. The minimum absolute atomic E-state index is 0. The minimum Gasteiger partial charge on any atom is -0.339 e. The van der Waals surface area contributed by atoms with E-state index in [4.69, 9.17) is 5.73 Å². The average molecular weight is 362 g/mol. The quantitative estimate of drug-likeness (QED) is 0.890. The predicted octanol–water partition coefficient (Wildman–Crippen LogP) is 3.00. The third kappa shape index (κ3) is 5.25. The smallest absolute Gasteiger partial charge is 0.231 e. The molecule has 0 saturated heterocycles. The number of aryl methyl sites for hydroxylation is 1. The lowest BCUT2D eigenvalue weighted by atomic mass is 9.98. The Labute approximate surface area is 147 Å². The molecule has 2 aromatic rings. The van der Waals surface area contributed by atoms with Crippen molar-refractivity contribution in [1.82, 2.24) is 9.88 Å².